The van der Waals surface area contributed by atoms with E-state index in [0.717, 1.165) is 30.9 Å². The third-order valence-electron chi connectivity index (χ3n) is 8.90. The summed E-state index contributed by atoms with van der Waals surface area (Å²) in [6.07, 6.45) is 5.46. The van der Waals surface area contributed by atoms with Crippen LogP contribution in [-0.2, 0) is 20.5 Å². The lowest BCUT2D eigenvalue weighted by Crippen LogP contribution is -2.52. The molecule has 196 valence electrons. The summed E-state index contributed by atoms with van der Waals surface area (Å²) < 4.78 is 45.3. The number of hydrogen-bond donors (Lipinski definition) is 0. The maximum atomic E-state index is 13.7. The molecule has 5 nitrogen and oxygen atoms in total. The number of ether oxygens (including phenoxy) is 1. The Labute approximate surface area is 210 Å². The summed E-state index contributed by atoms with van der Waals surface area (Å²) in [6, 6.07) is 5.31. The quantitative estimate of drug-likeness (QED) is 0.493. The number of anilines is 1. The van der Waals surface area contributed by atoms with Gasteiger partial charge in [0, 0.05) is 37.4 Å². The minimum absolute atomic E-state index is 0.154. The molecule has 0 radical (unpaired) electrons. The van der Waals surface area contributed by atoms with Crippen LogP contribution in [0, 0.1) is 11.8 Å². The van der Waals surface area contributed by atoms with Crippen LogP contribution in [0.3, 0.4) is 0 Å². The zero-order valence-corrected chi connectivity index (χ0v) is 20.9. The first-order chi connectivity index (χ1) is 17.2. The van der Waals surface area contributed by atoms with Crippen LogP contribution in [0.25, 0.3) is 0 Å². The lowest BCUT2D eigenvalue weighted by Gasteiger charge is -2.42. The first kappa shape index (κ1) is 25.2. The minimum atomic E-state index is -4.39. The smallest absolute Gasteiger partial charge is 0.416 e. The highest BCUT2D eigenvalue weighted by atomic mass is 19.4. The molecule has 0 atom stereocenters. The van der Waals surface area contributed by atoms with Crippen LogP contribution in [0.1, 0.15) is 70.3 Å². The highest BCUT2D eigenvalue weighted by molar-refractivity contribution is 6.07. The molecule has 0 aromatic heterocycles. The van der Waals surface area contributed by atoms with E-state index in [4.69, 9.17) is 4.74 Å². The highest BCUT2D eigenvalue weighted by Crippen LogP contribution is 2.49. The molecule has 5 rings (SSSR count). The fourth-order valence-corrected chi connectivity index (χ4v) is 6.84. The molecule has 1 saturated heterocycles. The molecule has 0 bridgehead atoms. The number of halogens is 3. The Kier molecular flexibility index (Phi) is 6.81. The van der Waals surface area contributed by atoms with Gasteiger partial charge in [-0.05, 0) is 62.6 Å². The van der Waals surface area contributed by atoms with Gasteiger partial charge in [-0.25, -0.2) is 4.79 Å². The molecule has 1 aromatic rings. The van der Waals surface area contributed by atoms with Crippen molar-refractivity contribution in [2.45, 2.75) is 76.5 Å². The lowest BCUT2D eigenvalue weighted by molar-refractivity contribution is -0.151. The third-order valence-corrected chi connectivity index (χ3v) is 8.90. The highest BCUT2D eigenvalue weighted by Gasteiger charge is 2.52. The molecule has 1 aromatic carbocycles. The van der Waals surface area contributed by atoms with E-state index in [1.165, 1.54) is 38.2 Å². The number of esters is 1. The molecule has 2 saturated carbocycles. The van der Waals surface area contributed by atoms with Crippen molar-refractivity contribution >= 4 is 17.6 Å². The SMILES string of the molecule is CC1=C(C(=O)N2CCN(c3cccc(C(F)(F)F)c3)CC2)C2(CCC(C3CCCCC3)CC2)OC1=O. The van der Waals surface area contributed by atoms with E-state index in [1.807, 2.05) is 4.90 Å². The third kappa shape index (κ3) is 4.75. The van der Waals surface area contributed by atoms with E-state index in [1.54, 1.807) is 17.9 Å². The van der Waals surface area contributed by atoms with Crippen molar-refractivity contribution in [3.05, 3.63) is 41.0 Å². The first-order valence-corrected chi connectivity index (χ1v) is 13.3. The molecular weight excluding hydrogens is 469 g/mol. The summed E-state index contributed by atoms with van der Waals surface area (Å²) in [7, 11) is 0. The second-order valence-electron chi connectivity index (χ2n) is 10.9. The predicted octanol–water partition coefficient (Wildman–Crippen LogP) is 5.74. The fraction of sp³-hybridized carbons (Fsp3) is 0.643. The number of amides is 1. The molecule has 1 amide bonds. The second-order valence-corrected chi connectivity index (χ2v) is 10.9. The summed E-state index contributed by atoms with van der Waals surface area (Å²) in [5.41, 5.74) is -0.0591. The number of rotatable bonds is 3. The first-order valence-electron chi connectivity index (χ1n) is 13.3. The van der Waals surface area contributed by atoms with E-state index < -0.39 is 23.3 Å². The summed E-state index contributed by atoms with van der Waals surface area (Å²) in [6.45, 7) is 3.34. The average Bonchev–Trinajstić information content (AvgIpc) is 3.13. The van der Waals surface area contributed by atoms with Crippen LogP contribution in [-0.4, -0.2) is 48.6 Å². The summed E-state index contributed by atoms with van der Waals surface area (Å²) in [5, 5.41) is 0. The molecule has 3 fully saturated rings. The topological polar surface area (TPSA) is 49.9 Å². The Morgan fingerprint density at radius 3 is 2.25 bits per heavy atom. The van der Waals surface area contributed by atoms with Gasteiger partial charge >= 0.3 is 12.1 Å². The lowest BCUT2D eigenvalue weighted by atomic mass is 9.67. The van der Waals surface area contributed by atoms with E-state index in [2.05, 4.69) is 0 Å². The second kappa shape index (κ2) is 9.75. The van der Waals surface area contributed by atoms with Gasteiger partial charge in [0.15, 0.2) is 0 Å². The van der Waals surface area contributed by atoms with Crippen molar-refractivity contribution in [2.75, 3.05) is 31.1 Å². The number of benzene rings is 1. The van der Waals surface area contributed by atoms with Crippen LogP contribution < -0.4 is 4.90 Å². The Bertz CT molecular complexity index is 1030. The molecule has 0 unspecified atom stereocenters. The Morgan fingerprint density at radius 2 is 1.61 bits per heavy atom. The average molecular weight is 505 g/mol. The molecule has 8 heteroatoms. The summed E-state index contributed by atoms with van der Waals surface area (Å²) in [5.74, 6) is 0.847. The number of carbonyl (C=O) groups excluding carboxylic acids is 2. The monoisotopic (exact) mass is 504 g/mol. The molecule has 4 aliphatic rings. The standard InChI is InChI=1S/C28H35F3N2O3/c1-19-24(27(36-26(19)35)12-10-21(11-13-27)20-6-3-2-4-7-20)25(34)33-16-14-32(15-17-33)23-9-5-8-22(18-23)28(29,30)31/h5,8-9,18,20-21H,2-4,6-7,10-17H2,1H3. The Morgan fingerprint density at radius 1 is 0.972 bits per heavy atom. The van der Waals surface area contributed by atoms with Crippen LogP contribution in [0.15, 0.2) is 35.4 Å². The van der Waals surface area contributed by atoms with Crippen LogP contribution in [0.2, 0.25) is 0 Å². The number of alkyl halides is 3. The number of piperazine rings is 1. The maximum absolute atomic E-state index is 13.7. The van der Waals surface area contributed by atoms with Crippen molar-refractivity contribution in [3.63, 3.8) is 0 Å². The van der Waals surface area contributed by atoms with E-state index in [0.29, 0.717) is 61.8 Å². The maximum Gasteiger partial charge on any atom is 0.416 e. The van der Waals surface area contributed by atoms with E-state index >= 15 is 0 Å². The van der Waals surface area contributed by atoms with E-state index in [-0.39, 0.29) is 5.91 Å². The molecule has 0 N–H and O–H groups in total. The predicted molar refractivity (Wildman–Crippen MR) is 130 cm³/mol. The van der Waals surface area contributed by atoms with Crippen molar-refractivity contribution in [1.82, 2.24) is 4.90 Å². The minimum Gasteiger partial charge on any atom is -0.451 e. The zero-order chi connectivity index (χ0) is 25.5. The van der Waals surface area contributed by atoms with Crippen LogP contribution >= 0.6 is 0 Å². The number of hydrogen-bond acceptors (Lipinski definition) is 4. The van der Waals surface area contributed by atoms with Gasteiger partial charge < -0.3 is 14.5 Å². The van der Waals surface area contributed by atoms with Gasteiger partial charge in [0.2, 0.25) is 0 Å². The Balaban J connectivity index is 1.25. The molecule has 36 heavy (non-hydrogen) atoms. The molecule has 1 spiro atoms. The van der Waals surface area contributed by atoms with Crippen molar-refractivity contribution in [1.29, 1.82) is 0 Å². The van der Waals surface area contributed by atoms with Gasteiger partial charge in [0.1, 0.15) is 5.60 Å². The summed E-state index contributed by atoms with van der Waals surface area (Å²) >= 11 is 0. The Hall–Kier alpha value is -2.51. The van der Waals surface area contributed by atoms with Gasteiger partial charge in [-0.15, -0.1) is 0 Å². The largest absolute Gasteiger partial charge is 0.451 e. The normalized spacial score (nSPS) is 28.1. The van der Waals surface area contributed by atoms with Crippen molar-refractivity contribution < 1.29 is 27.5 Å². The molecule has 2 heterocycles. The summed E-state index contributed by atoms with van der Waals surface area (Å²) in [4.78, 5) is 30.0. The fourth-order valence-electron chi connectivity index (χ4n) is 6.84. The van der Waals surface area contributed by atoms with Gasteiger partial charge in [-0.3, -0.25) is 4.79 Å². The van der Waals surface area contributed by atoms with Crippen molar-refractivity contribution in [2.24, 2.45) is 11.8 Å². The molecule has 2 aliphatic heterocycles. The van der Waals surface area contributed by atoms with Gasteiger partial charge in [-0.2, -0.15) is 13.2 Å². The zero-order valence-electron chi connectivity index (χ0n) is 20.9. The van der Waals surface area contributed by atoms with E-state index in [9.17, 15) is 22.8 Å². The van der Waals surface area contributed by atoms with Crippen LogP contribution in [0.5, 0.6) is 0 Å². The number of carbonyl (C=O) groups is 2. The van der Waals surface area contributed by atoms with Gasteiger partial charge in [-0.1, -0.05) is 38.2 Å². The number of nitrogens with zero attached hydrogens (tertiary/aromatic N) is 2. The van der Waals surface area contributed by atoms with Crippen LogP contribution in [0.4, 0.5) is 18.9 Å². The molecular formula is C28H35F3N2O3. The molecule has 2 aliphatic carbocycles. The van der Waals surface area contributed by atoms with Gasteiger partial charge in [0.05, 0.1) is 11.1 Å². The van der Waals surface area contributed by atoms with Crippen molar-refractivity contribution in [3.8, 4) is 0 Å². The van der Waals surface area contributed by atoms with Gasteiger partial charge in [0.25, 0.3) is 5.91 Å².